The van der Waals surface area contributed by atoms with E-state index >= 15 is 0 Å². The maximum Gasteiger partial charge on any atom is 0.263 e. The number of benzene rings is 3. The minimum Gasteiger partial charge on any atom is -0.748 e. The van der Waals surface area contributed by atoms with Crippen molar-refractivity contribution in [2.24, 2.45) is 0 Å². The number of aryl methyl sites for hydroxylation is 1. The Morgan fingerprint density at radius 2 is 1.74 bits per heavy atom. The number of thiazole rings is 1. The van der Waals surface area contributed by atoms with E-state index in [1.54, 1.807) is 22.7 Å². The van der Waals surface area contributed by atoms with Gasteiger partial charge in [-0.1, -0.05) is 48.6 Å². The van der Waals surface area contributed by atoms with Crippen LogP contribution in [0.15, 0.2) is 89.6 Å². The minimum atomic E-state index is -4.38. The summed E-state index contributed by atoms with van der Waals surface area (Å²) in [6.07, 6.45) is 4.91. The summed E-state index contributed by atoms with van der Waals surface area (Å²) in [4.78, 5) is 3.00. The summed E-state index contributed by atoms with van der Waals surface area (Å²) in [6.45, 7) is 2.63. The first-order chi connectivity index (χ1) is 22.0. The third-order valence-corrected chi connectivity index (χ3v) is 11.3. The molecule has 0 unspecified atom stereocenters. The molecule has 0 spiro atoms. The van der Waals surface area contributed by atoms with Crippen LogP contribution in [0.25, 0.3) is 37.5 Å². The summed E-state index contributed by atoms with van der Waals surface area (Å²) < 4.78 is 77.9. The van der Waals surface area contributed by atoms with Gasteiger partial charge in [0.1, 0.15) is 4.70 Å². The lowest BCUT2D eigenvalue weighted by molar-refractivity contribution is -0.667. The van der Waals surface area contributed by atoms with Crippen molar-refractivity contribution in [3.05, 3.63) is 94.6 Å². The van der Waals surface area contributed by atoms with Gasteiger partial charge in [0.2, 0.25) is 11.4 Å². The zero-order valence-corrected chi connectivity index (χ0v) is 28.2. The average molecular weight is 696 g/mol. The van der Waals surface area contributed by atoms with Crippen LogP contribution >= 0.6 is 22.7 Å². The molecule has 3 heterocycles. The molecule has 0 bridgehead atoms. The summed E-state index contributed by atoms with van der Waals surface area (Å²) in [5.74, 6) is 0.213. The van der Waals surface area contributed by atoms with Crippen LogP contribution in [0.3, 0.4) is 0 Å². The molecule has 0 amide bonds. The molecule has 2 aromatic heterocycles. The van der Waals surface area contributed by atoms with Crippen molar-refractivity contribution < 1.29 is 35.2 Å². The molecule has 0 fully saturated rings. The highest BCUT2D eigenvalue weighted by atomic mass is 32.2. The number of hydrogen-bond acceptors (Lipinski definition) is 10. The van der Waals surface area contributed by atoms with E-state index in [2.05, 4.69) is 16.7 Å². The van der Waals surface area contributed by atoms with Crippen molar-refractivity contribution >= 4 is 75.7 Å². The quantitative estimate of drug-likeness (QED) is 0.107. The van der Waals surface area contributed by atoms with Crippen LogP contribution in [-0.4, -0.2) is 44.0 Å². The second-order valence-corrected chi connectivity index (χ2v) is 16.0. The van der Waals surface area contributed by atoms with E-state index in [-0.39, 0.29) is 19.4 Å². The fourth-order valence-corrected chi connectivity index (χ4v) is 8.47. The Hall–Kier alpha value is -3.59. The Labute approximate surface area is 276 Å². The third-order valence-electron chi connectivity index (χ3n) is 7.73. The standard InChI is InChI=1S/C33H32N2O7S4/c1-2-23(21-32-35(16-7-19-46(39,40)41)33-26-9-4-3-8-24(26)12-14-30(33)44-32)20-31-34(15-6-18-45(36,37)38)27-22-25(11-13-28(27)42-31)29-10-5-17-43-29/h3-5,8-14,17,20-22H,2,6-7,15-16,18-19H2,1H3,(H-,36,37,38,39,40,41)/p-1. The number of nitrogens with zero attached hydrogens (tertiary/aromatic N) is 2. The molecule has 240 valence electrons. The number of thiophene rings is 1. The van der Waals surface area contributed by atoms with Gasteiger partial charge in [0.25, 0.3) is 5.01 Å². The van der Waals surface area contributed by atoms with Crippen molar-refractivity contribution in [3.8, 4) is 16.2 Å². The van der Waals surface area contributed by atoms with Gasteiger partial charge in [-0.2, -0.15) is 4.57 Å². The monoisotopic (exact) mass is 695 g/mol. The minimum absolute atomic E-state index is 0.131. The van der Waals surface area contributed by atoms with Crippen molar-refractivity contribution in [2.45, 2.75) is 32.7 Å². The molecule has 0 saturated heterocycles. The number of allylic oxidation sites excluding steroid dienone is 2. The smallest absolute Gasteiger partial charge is 0.263 e. The molecule has 0 N–H and O–H groups in total. The molecule has 9 nitrogen and oxygen atoms in total. The summed E-state index contributed by atoms with van der Waals surface area (Å²) >= 11 is 3.19. The van der Waals surface area contributed by atoms with Gasteiger partial charge in [0.05, 0.1) is 31.3 Å². The molecule has 1 aliphatic heterocycles. The van der Waals surface area contributed by atoms with Crippen LogP contribution in [0.2, 0.25) is 0 Å². The second-order valence-electron chi connectivity index (χ2n) is 10.9. The van der Waals surface area contributed by atoms with Crippen LogP contribution < -0.4 is 14.2 Å². The maximum absolute atomic E-state index is 11.4. The highest BCUT2D eigenvalue weighted by molar-refractivity contribution is 7.85. The Morgan fingerprint density at radius 1 is 0.957 bits per heavy atom. The van der Waals surface area contributed by atoms with Crippen molar-refractivity contribution in [3.63, 3.8) is 0 Å². The van der Waals surface area contributed by atoms with Gasteiger partial charge in [-0.05, 0) is 71.1 Å². The lowest BCUT2D eigenvalue weighted by atomic mass is 10.1. The number of rotatable bonds is 12. The van der Waals surface area contributed by atoms with Crippen LogP contribution in [0, 0.1) is 0 Å². The second kappa shape index (κ2) is 13.3. The predicted octanol–water partition coefficient (Wildman–Crippen LogP) is 6.47. The van der Waals surface area contributed by atoms with Gasteiger partial charge < -0.3 is 18.7 Å². The van der Waals surface area contributed by atoms with Crippen LogP contribution in [0.4, 0.5) is 5.69 Å². The molecule has 0 aliphatic carbocycles. The van der Waals surface area contributed by atoms with E-state index in [9.17, 15) is 25.9 Å². The van der Waals surface area contributed by atoms with Crippen molar-refractivity contribution in [2.75, 3.05) is 23.0 Å². The fraction of sp³-hybridized carbons (Fsp3) is 0.242. The Balaban J connectivity index is 1.41. The molecule has 46 heavy (non-hydrogen) atoms. The topological polar surface area (TPSA) is 131 Å². The van der Waals surface area contributed by atoms with Crippen LogP contribution in [0.1, 0.15) is 31.2 Å². The molecule has 0 radical (unpaired) electrons. The van der Waals surface area contributed by atoms with E-state index in [0.29, 0.717) is 24.6 Å². The lowest BCUT2D eigenvalue weighted by Crippen LogP contribution is -2.36. The summed E-state index contributed by atoms with van der Waals surface area (Å²) in [5, 5.41) is 4.99. The summed E-state index contributed by atoms with van der Waals surface area (Å²) in [7, 11) is -8.74. The molecular weight excluding hydrogens is 665 g/mol. The molecule has 1 aliphatic rings. The fourth-order valence-electron chi connectivity index (χ4n) is 5.60. The van der Waals surface area contributed by atoms with Crippen LogP contribution in [-0.2, 0) is 26.8 Å². The molecular formula is C33H31N2O7S4-. The number of ether oxygens (including phenoxy) is 1. The molecule has 6 rings (SSSR count). The molecule has 0 saturated carbocycles. The largest absolute Gasteiger partial charge is 0.748 e. The Kier molecular flexibility index (Phi) is 9.33. The summed E-state index contributed by atoms with van der Waals surface area (Å²) in [6, 6.07) is 22.0. The Bertz CT molecular complexity index is 2190. The number of hydrogen-bond donors (Lipinski definition) is 0. The number of anilines is 1. The zero-order valence-electron chi connectivity index (χ0n) is 24.9. The molecule has 13 heteroatoms. The number of fused-ring (bicyclic) bond motifs is 4. The first-order valence-corrected chi connectivity index (χ1v) is 19.6. The first-order valence-electron chi connectivity index (χ1n) is 14.8. The van der Waals surface area contributed by atoms with E-state index in [4.69, 9.17) is 4.74 Å². The average Bonchev–Trinajstić information content (AvgIpc) is 3.74. The first kappa shape index (κ1) is 32.4. The van der Waals surface area contributed by atoms with E-state index in [0.717, 1.165) is 47.7 Å². The lowest BCUT2D eigenvalue weighted by Gasteiger charge is -2.19. The van der Waals surface area contributed by atoms with E-state index in [1.165, 1.54) is 0 Å². The number of aromatic nitrogens is 1. The Morgan fingerprint density at radius 3 is 2.48 bits per heavy atom. The van der Waals surface area contributed by atoms with Crippen molar-refractivity contribution in [1.82, 2.24) is 0 Å². The molecule has 3 aromatic carbocycles. The highest BCUT2D eigenvalue weighted by Gasteiger charge is 2.28. The van der Waals surface area contributed by atoms with Crippen LogP contribution in [0.5, 0.6) is 5.75 Å². The van der Waals surface area contributed by atoms with Gasteiger partial charge in [0, 0.05) is 41.5 Å². The van der Waals surface area contributed by atoms with Gasteiger partial charge in [0.15, 0.2) is 12.3 Å². The van der Waals surface area contributed by atoms with E-state index in [1.807, 2.05) is 84.0 Å². The normalized spacial score (nSPS) is 14.8. The highest BCUT2D eigenvalue weighted by Crippen LogP contribution is 2.43. The summed E-state index contributed by atoms with van der Waals surface area (Å²) in [5.41, 5.74) is 3.69. The molecule has 5 aromatic rings. The van der Waals surface area contributed by atoms with E-state index < -0.39 is 31.7 Å². The van der Waals surface area contributed by atoms with Gasteiger partial charge >= 0.3 is 0 Å². The SMILES string of the molecule is CCC(/C=C1\Oc2ccc(-c3cccs3)cc2N1CCCS(=O)(=O)[O-])=C\c1sc2ccc3ccccc3c2[n+]1CCCS(=O)(=O)[O-]. The maximum atomic E-state index is 11.4. The third kappa shape index (κ3) is 7.35. The predicted molar refractivity (Wildman–Crippen MR) is 182 cm³/mol. The molecule has 0 atom stereocenters. The van der Waals surface area contributed by atoms with Crippen molar-refractivity contribution in [1.29, 1.82) is 0 Å². The van der Waals surface area contributed by atoms with Gasteiger partial charge in [-0.3, -0.25) is 0 Å². The van der Waals surface area contributed by atoms with Gasteiger partial charge in [-0.15, -0.1) is 11.3 Å². The van der Waals surface area contributed by atoms with Gasteiger partial charge in [-0.25, -0.2) is 16.8 Å². The zero-order chi connectivity index (χ0) is 32.5.